The van der Waals surface area contributed by atoms with Crippen LogP contribution in [0.4, 0.5) is 0 Å². The van der Waals surface area contributed by atoms with Gasteiger partial charge in [-0.25, -0.2) is 18.1 Å². The van der Waals surface area contributed by atoms with Crippen molar-refractivity contribution >= 4 is 10.0 Å². The molecule has 2 N–H and O–H groups in total. The van der Waals surface area contributed by atoms with Crippen LogP contribution in [-0.2, 0) is 21.2 Å². The number of ether oxygens (including phenoxy) is 1. The van der Waals surface area contributed by atoms with Gasteiger partial charge in [0.15, 0.2) is 5.03 Å². The summed E-state index contributed by atoms with van der Waals surface area (Å²) in [6.45, 7) is 6.61. The van der Waals surface area contributed by atoms with Crippen LogP contribution >= 0.6 is 0 Å². The van der Waals surface area contributed by atoms with E-state index in [0.29, 0.717) is 18.8 Å². The zero-order chi connectivity index (χ0) is 14.4. The highest BCUT2D eigenvalue weighted by Gasteiger charge is 2.16. The van der Waals surface area contributed by atoms with Crippen LogP contribution in [0.25, 0.3) is 0 Å². The van der Waals surface area contributed by atoms with E-state index in [-0.39, 0.29) is 5.03 Å². The first-order valence-electron chi connectivity index (χ1n) is 6.95. The van der Waals surface area contributed by atoms with Crippen LogP contribution in [0.2, 0.25) is 0 Å². The van der Waals surface area contributed by atoms with Crippen molar-refractivity contribution in [1.82, 2.24) is 19.6 Å². The standard InChI is InChI=1S/C12H22N4O3S/c1-2-11-13-10-12(15-11)20(17,18)14-4-3-5-16-6-8-19-9-7-16/h10,14H,2-9H2,1H3,(H,13,15). The van der Waals surface area contributed by atoms with Gasteiger partial charge in [0.05, 0.1) is 19.4 Å². The van der Waals surface area contributed by atoms with Crippen LogP contribution in [0.5, 0.6) is 0 Å². The van der Waals surface area contributed by atoms with Crippen LogP contribution in [-0.4, -0.2) is 62.7 Å². The Bertz CT molecular complexity index is 509. The summed E-state index contributed by atoms with van der Waals surface area (Å²) in [5.74, 6) is 0.679. The predicted molar refractivity (Wildman–Crippen MR) is 75.0 cm³/mol. The van der Waals surface area contributed by atoms with E-state index in [2.05, 4.69) is 19.6 Å². The summed E-state index contributed by atoms with van der Waals surface area (Å²) in [6.07, 6.45) is 2.84. The number of rotatable bonds is 7. The fourth-order valence-corrected chi connectivity index (χ4v) is 3.08. The highest BCUT2D eigenvalue weighted by atomic mass is 32.2. The van der Waals surface area contributed by atoms with Crippen LogP contribution in [0, 0.1) is 0 Å². The van der Waals surface area contributed by atoms with Crippen LogP contribution in [0.3, 0.4) is 0 Å². The molecule has 2 heterocycles. The molecule has 1 aliphatic heterocycles. The summed E-state index contributed by atoms with van der Waals surface area (Å²) in [7, 11) is -3.46. The second kappa shape index (κ2) is 7.16. The van der Waals surface area contributed by atoms with E-state index in [1.54, 1.807) is 0 Å². The molecule has 0 aliphatic carbocycles. The molecule has 0 aromatic carbocycles. The fourth-order valence-electron chi connectivity index (χ4n) is 2.07. The normalized spacial score (nSPS) is 17.4. The molecule has 0 atom stereocenters. The molecule has 1 fully saturated rings. The van der Waals surface area contributed by atoms with Gasteiger partial charge in [-0.1, -0.05) is 6.92 Å². The zero-order valence-corrected chi connectivity index (χ0v) is 12.6. The maximum absolute atomic E-state index is 12.0. The minimum Gasteiger partial charge on any atom is -0.379 e. The van der Waals surface area contributed by atoms with E-state index >= 15 is 0 Å². The fraction of sp³-hybridized carbons (Fsp3) is 0.750. The Kier molecular flexibility index (Phi) is 5.53. The third-order valence-electron chi connectivity index (χ3n) is 3.28. The number of imidazole rings is 1. The minimum atomic E-state index is -3.46. The number of aromatic nitrogens is 2. The van der Waals surface area contributed by atoms with E-state index in [0.717, 1.165) is 39.3 Å². The van der Waals surface area contributed by atoms with Gasteiger partial charge < -0.3 is 9.72 Å². The van der Waals surface area contributed by atoms with Gasteiger partial charge in [-0.05, 0) is 13.0 Å². The Morgan fingerprint density at radius 3 is 2.85 bits per heavy atom. The summed E-state index contributed by atoms with van der Waals surface area (Å²) in [5.41, 5.74) is 0. The Morgan fingerprint density at radius 1 is 1.45 bits per heavy atom. The first kappa shape index (κ1) is 15.4. The smallest absolute Gasteiger partial charge is 0.257 e. The molecule has 0 radical (unpaired) electrons. The molecule has 7 nitrogen and oxygen atoms in total. The molecule has 0 spiro atoms. The molecule has 0 amide bonds. The molecule has 1 saturated heterocycles. The number of nitrogens with zero attached hydrogens (tertiary/aromatic N) is 2. The lowest BCUT2D eigenvalue weighted by molar-refractivity contribution is 0.0376. The average molecular weight is 302 g/mol. The number of sulfonamides is 1. The van der Waals surface area contributed by atoms with E-state index in [4.69, 9.17) is 4.74 Å². The SMILES string of the molecule is CCc1ncc(S(=O)(=O)NCCCN2CCOCC2)[nH]1. The Labute approximate surface area is 119 Å². The van der Waals surface area contributed by atoms with Gasteiger partial charge in [-0.15, -0.1) is 0 Å². The number of morpholine rings is 1. The lowest BCUT2D eigenvalue weighted by atomic mass is 10.3. The maximum atomic E-state index is 12.0. The van der Waals surface area contributed by atoms with Gasteiger partial charge in [0.2, 0.25) is 0 Å². The van der Waals surface area contributed by atoms with Crippen LogP contribution in [0.15, 0.2) is 11.2 Å². The molecule has 20 heavy (non-hydrogen) atoms. The first-order valence-corrected chi connectivity index (χ1v) is 8.44. The van der Waals surface area contributed by atoms with E-state index in [9.17, 15) is 8.42 Å². The monoisotopic (exact) mass is 302 g/mol. The highest BCUT2D eigenvalue weighted by Crippen LogP contribution is 2.06. The van der Waals surface area contributed by atoms with E-state index in [1.807, 2.05) is 6.92 Å². The van der Waals surface area contributed by atoms with Crippen molar-refractivity contribution in [2.75, 3.05) is 39.4 Å². The second-order valence-corrected chi connectivity index (χ2v) is 6.49. The number of aryl methyl sites for hydroxylation is 1. The number of H-pyrrole nitrogens is 1. The highest BCUT2D eigenvalue weighted by molar-refractivity contribution is 7.89. The van der Waals surface area contributed by atoms with Gasteiger partial charge >= 0.3 is 0 Å². The van der Waals surface area contributed by atoms with Crippen molar-refractivity contribution in [3.8, 4) is 0 Å². The third kappa shape index (κ3) is 4.27. The summed E-state index contributed by atoms with van der Waals surface area (Å²) in [5, 5.41) is 0.140. The Balaban J connectivity index is 1.74. The third-order valence-corrected chi connectivity index (χ3v) is 4.65. The van der Waals surface area contributed by atoms with Crippen molar-refractivity contribution in [2.45, 2.75) is 24.8 Å². The second-order valence-electron chi connectivity index (χ2n) is 4.75. The lowest BCUT2D eigenvalue weighted by Gasteiger charge is -2.26. The molecule has 2 rings (SSSR count). The van der Waals surface area contributed by atoms with Gasteiger partial charge in [0.1, 0.15) is 5.82 Å². The Hall–Kier alpha value is -0.960. The van der Waals surface area contributed by atoms with Gasteiger partial charge in [-0.2, -0.15) is 0 Å². The zero-order valence-electron chi connectivity index (χ0n) is 11.8. The number of nitrogens with one attached hydrogen (secondary N) is 2. The predicted octanol–water partition coefficient (Wildman–Crippen LogP) is -0.0273. The van der Waals surface area contributed by atoms with Gasteiger partial charge in [0, 0.05) is 26.1 Å². The summed E-state index contributed by atoms with van der Waals surface area (Å²) in [4.78, 5) is 9.09. The van der Waals surface area contributed by atoms with Crippen LogP contribution in [0.1, 0.15) is 19.2 Å². The average Bonchev–Trinajstić information content (AvgIpc) is 2.95. The molecule has 0 saturated carbocycles. The molecule has 114 valence electrons. The van der Waals surface area contributed by atoms with Crippen molar-refractivity contribution in [3.05, 3.63) is 12.0 Å². The molecular weight excluding hydrogens is 280 g/mol. The summed E-state index contributed by atoms with van der Waals surface area (Å²) >= 11 is 0. The summed E-state index contributed by atoms with van der Waals surface area (Å²) < 4.78 is 31.9. The Morgan fingerprint density at radius 2 is 2.20 bits per heavy atom. The minimum absolute atomic E-state index is 0.140. The molecule has 1 aliphatic rings. The molecular formula is C12H22N4O3S. The van der Waals surface area contributed by atoms with Crippen molar-refractivity contribution < 1.29 is 13.2 Å². The topological polar surface area (TPSA) is 87.3 Å². The molecule has 1 aromatic rings. The first-order chi connectivity index (χ1) is 9.62. The summed E-state index contributed by atoms with van der Waals surface area (Å²) in [6, 6.07) is 0. The van der Waals surface area contributed by atoms with E-state index < -0.39 is 10.0 Å². The maximum Gasteiger partial charge on any atom is 0.257 e. The molecule has 0 unspecified atom stereocenters. The van der Waals surface area contributed by atoms with Crippen LogP contribution < -0.4 is 4.72 Å². The quantitative estimate of drug-likeness (QED) is 0.691. The van der Waals surface area contributed by atoms with E-state index in [1.165, 1.54) is 6.20 Å². The lowest BCUT2D eigenvalue weighted by Crippen LogP contribution is -2.38. The van der Waals surface area contributed by atoms with Crippen molar-refractivity contribution in [3.63, 3.8) is 0 Å². The number of hydrogen-bond acceptors (Lipinski definition) is 5. The largest absolute Gasteiger partial charge is 0.379 e. The van der Waals surface area contributed by atoms with Gasteiger partial charge in [0.25, 0.3) is 10.0 Å². The molecule has 0 bridgehead atoms. The number of hydrogen-bond donors (Lipinski definition) is 2. The van der Waals surface area contributed by atoms with Crippen molar-refractivity contribution in [1.29, 1.82) is 0 Å². The molecule has 1 aromatic heterocycles. The van der Waals surface area contributed by atoms with Crippen molar-refractivity contribution in [2.24, 2.45) is 0 Å². The number of aromatic amines is 1. The molecule has 8 heteroatoms. The van der Waals surface area contributed by atoms with Gasteiger partial charge in [-0.3, -0.25) is 4.90 Å².